The molecule has 1 aliphatic heterocycles. The molecule has 1 amide bonds. The topological polar surface area (TPSA) is 68.6 Å². The number of Topliss-reactive ketones (excluding diaryl/α,β-unsaturated/α-hetero) is 1. The van der Waals surface area contributed by atoms with Gasteiger partial charge in [0.15, 0.2) is 0 Å². The molecule has 0 aliphatic carbocycles. The lowest BCUT2D eigenvalue weighted by Crippen LogP contribution is -2.49. The normalized spacial score (nSPS) is 19.1. The summed E-state index contributed by atoms with van der Waals surface area (Å²) in [5.74, 6) is -0.0119. The minimum atomic E-state index is -0.923. The highest BCUT2D eigenvalue weighted by molar-refractivity contribution is 5.78. The number of aryl methyl sites for hydroxylation is 1. The third-order valence-electron chi connectivity index (χ3n) is 6.39. The number of pyridine rings is 1. The van der Waals surface area contributed by atoms with Crippen molar-refractivity contribution in [2.75, 3.05) is 6.54 Å². The molecule has 1 saturated heterocycles. The SMILES string of the molecule is CC(=O)C[C@]1(c2ccccc2)CCN([C@@H](C)c2ccc(-c3ccc(=O)n(C)c3)cc2)C(=O)O1. The second kappa shape index (κ2) is 9.06. The predicted molar refractivity (Wildman–Crippen MR) is 127 cm³/mol. The van der Waals surface area contributed by atoms with E-state index in [-0.39, 0.29) is 23.8 Å². The van der Waals surface area contributed by atoms with Crippen LogP contribution in [0.25, 0.3) is 11.1 Å². The number of hydrogen-bond acceptors (Lipinski definition) is 4. The molecule has 0 N–H and O–H groups in total. The second-order valence-corrected chi connectivity index (χ2v) is 8.72. The van der Waals surface area contributed by atoms with Crippen LogP contribution in [0.2, 0.25) is 0 Å². The Labute approximate surface area is 193 Å². The molecule has 1 aromatic heterocycles. The van der Waals surface area contributed by atoms with Crippen LogP contribution in [0.4, 0.5) is 4.79 Å². The Kier molecular flexibility index (Phi) is 6.18. The van der Waals surface area contributed by atoms with Crippen LogP contribution < -0.4 is 5.56 Å². The van der Waals surface area contributed by atoms with Crippen molar-refractivity contribution in [2.24, 2.45) is 7.05 Å². The zero-order chi connectivity index (χ0) is 23.6. The number of aromatic nitrogens is 1. The first-order valence-electron chi connectivity index (χ1n) is 11.1. The van der Waals surface area contributed by atoms with Crippen molar-refractivity contribution >= 4 is 11.9 Å². The minimum Gasteiger partial charge on any atom is -0.437 e. The van der Waals surface area contributed by atoms with Gasteiger partial charge in [0.25, 0.3) is 0 Å². The third-order valence-corrected chi connectivity index (χ3v) is 6.39. The van der Waals surface area contributed by atoms with Crippen LogP contribution in [0.15, 0.2) is 77.7 Å². The highest BCUT2D eigenvalue weighted by Gasteiger charge is 2.44. The number of carbonyl (C=O) groups excluding carboxylic acids is 2. The predicted octanol–water partition coefficient (Wildman–Crippen LogP) is 4.83. The Morgan fingerprint density at radius 3 is 2.27 bits per heavy atom. The smallest absolute Gasteiger partial charge is 0.411 e. The quantitative estimate of drug-likeness (QED) is 0.546. The number of nitrogens with zero attached hydrogens (tertiary/aromatic N) is 2. The van der Waals surface area contributed by atoms with Crippen LogP contribution >= 0.6 is 0 Å². The van der Waals surface area contributed by atoms with Crippen LogP contribution in [0.5, 0.6) is 0 Å². The molecule has 2 aromatic carbocycles. The van der Waals surface area contributed by atoms with Gasteiger partial charge in [-0.3, -0.25) is 9.59 Å². The average molecular weight is 445 g/mol. The van der Waals surface area contributed by atoms with Crippen molar-refractivity contribution in [3.8, 4) is 11.1 Å². The molecule has 6 nitrogen and oxygen atoms in total. The highest BCUT2D eigenvalue weighted by Crippen LogP contribution is 2.39. The van der Waals surface area contributed by atoms with Gasteiger partial charge >= 0.3 is 6.09 Å². The van der Waals surface area contributed by atoms with E-state index in [1.54, 1.807) is 34.8 Å². The maximum absolute atomic E-state index is 13.1. The Balaban J connectivity index is 1.53. The molecular weight excluding hydrogens is 416 g/mol. The van der Waals surface area contributed by atoms with Crippen LogP contribution in [-0.2, 0) is 22.2 Å². The third kappa shape index (κ3) is 4.60. The van der Waals surface area contributed by atoms with Crippen LogP contribution in [0.1, 0.15) is 43.9 Å². The highest BCUT2D eigenvalue weighted by atomic mass is 16.6. The van der Waals surface area contributed by atoms with E-state index < -0.39 is 11.7 Å². The van der Waals surface area contributed by atoms with E-state index in [1.807, 2.05) is 61.5 Å². The summed E-state index contributed by atoms with van der Waals surface area (Å²) < 4.78 is 7.53. The van der Waals surface area contributed by atoms with Gasteiger partial charge in [-0.05, 0) is 42.2 Å². The molecule has 2 heterocycles. The molecule has 2 atom stereocenters. The molecule has 0 radical (unpaired) electrons. The van der Waals surface area contributed by atoms with Crippen molar-refractivity contribution in [1.29, 1.82) is 0 Å². The summed E-state index contributed by atoms with van der Waals surface area (Å²) in [5, 5.41) is 0. The number of carbonyl (C=O) groups is 2. The Morgan fingerprint density at radius 2 is 1.67 bits per heavy atom. The Hall–Kier alpha value is -3.67. The molecule has 0 unspecified atom stereocenters. The summed E-state index contributed by atoms with van der Waals surface area (Å²) in [5.41, 5.74) is 2.80. The van der Waals surface area contributed by atoms with Gasteiger partial charge in [-0.1, -0.05) is 54.6 Å². The van der Waals surface area contributed by atoms with Crippen LogP contribution in [0.3, 0.4) is 0 Å². The van der Waals surface area contributed by atoms with Crippen LogP contribution in [-0.4, -0.2) is 27.9 Å². The molecule has 4 rings (SSSR count). The van der Waals surface area contributed by atoms with Gasteiger partial charge < -0.3 is 14.2 Å². The fourth-order valence-corrected chi connectivity index (χ4v) is 4.49. The first-order valence-corrected chi connectivity index (χ1v) is 11.1. The Bertz CT molecular complexity index is 1220. The standard InChI is InChI=1S/C27H28N2O4/c1-19(30)17-27(24-7-5-4-6-8-24)15-16-29(26(32)33-27)20(2)21-9-11-22(12-10-21)23-13-14-25(31)28(3)18-23/h4-14,18,20H,15-17H2,1-3H3/t20-,27-/m0/s1. The summed E-state index contributed by atoms with van der Waals surface area (Å²) >= 11 is 0. The number of cyclic esters (lactones) is 1. The van der Waals surface area contributed by atoms with E-state index in [0.29, 0.717) is 13.0 Å². The summed E-state index contributed by atoms with van der Waals surface area (Å²) in [6.45, 7) is 3.99. The molecule has 0 bridgehead atoms. The zero-order valence-corrected chi connectivity index (χ0v) is 19.2. The van der Waals surface area contributed by atoms with E-state index in [0.717, 1.165) is 22.3 Å². The van der Waals surface area contributed by atoms with E-state index >= 15 is 0 Å². The first kappa shape index (κ1) is 22.5. The summed E-state index contributed by atoms with van der Waals surface area (Å²) in [7, 11) is 1.73. The number of ether oxygens (including phenoxy) is 1. The lowest BCUT2D eigenvalue weighted by Gasteiger charge is -2.43. The van der Waals surface area contributed by atoms with Gasteiger partial charge in [-0.15, -0.1) is 0 Å². The lowest BCUT2D eigenvalue weighted by atomic mass is 9.84. The molecular formula is C27H28N2O4. The number of ketones is 1. The largest absolute Gasteiger partial charge is 0.437 e. The Morgan fingerprint density at radius 1 is 1.00 bits per heavy atom. The molecule has 0 saturated carbocycles. The average Bonchev–Trinajstić information content (AvgIpc) is 2.81. The van der Waals surface area contributed by atoms with E-state index in [9.17, 15) is 14.4 Å². The van der Waals surface area contributed by atoms with Crippen molar-refractivity contribution in [3.05, 3.63) is 94.4 Å². The maximum Gasteiger partial charge on any atom is 0.411 e. The van der Waals surface area contributed by atoms with Crippen LogP contribution in [0, 0.1) is 0 Å². The van der Waals surface area contributed by atoms with Crippen molar-refractivity contribution in [3.63, 3.8) is 0 Å². The summed E-state index contributed by atoms with van der Waals surface area (Å²) in [6, 6.07) is 20.7. The van der Waals surface area contributed by atoms with Gasteiger partial charge in [0.2, 0.25) is 5.56 Å². The summed E-state index contributed by atoms with van der Waals surface area (Å²) in [6.07, 6.45) is 2.10. The van der Waals surface area contributed by atoms with E-state index in [4.69, 9.17) is 4.74 Å². The first-order chi connectivity index (χ1) is 15.8. The molecule has 3 aromatic rings. The number of amides is 1. The van der Waals surface area contributed by atoms with Crippen molar-refractivity contribution < 1.29 is 14.3 Å². The molecule has 1 fully saturated rings. The molecule has 6 heteroatoms. The number of benzene rings is 2. The van der Waals surface area contributed by atoms with Gasteiger partial charge in [-0.25, -0.2) is 4.79 Å². The van der Waals surface area contributed by atoms with Gasteiger partial charge in [0, 0.05) is 32.3 Å². The fraction of sp³-hybridized carbons (Fsp3) is 0.296. The van der Waals surface area contributed by atoms with E-state index in [1.165, 1.54) is 6.92 Å². The molecule has 170 valence electrons. The molecule has 0 spiro atoms. The monoisotopic (exact) mass is 444 g/mol. The lowest BCUT2D eigenvalue weighted by molar-refractivity contribution is -0.126. The zero-order valence-electron chi connectivity index (χ0n) is 19.2. The van der Waals surface area contributed by atoms with Gasteiger partial charge in [0.1, 0.15) is 11.4 Å². The fourth-order valence-electron chi connectivity index (χ4n) is 4.49. The van der Waals surface area contributed by atoms with Gasteiger partial charge in [-0.2, -0.15) is 0 Å². The number of rotatable bonds is 6. The van der Waals surface area contributed by atoms with Gasteiger partial charge in [0.05, 0.1) is 12.5 Å². The molecule has 33 heavy (non-hydrogen) atoms. The minimum absolute atomic E-state index is 0.0119. The van der Waals surface area contributed by atoms with Crippen molar-refractivity contribution in [1.82, 2.24) is 9.47 Å². The number of hydrogen-bond donors (Lipinski definition) is 0. The van der Waals surface area contributed by atoms with E-state index in [2.05, 4.69) is 0 Å². The maximum atomic E-state index is 13.1. The molecule has 1 aliphatic rings. The second-order valence-electron chi connectivity index (χ2n) is 8.72. The van der Waals surface area contributed by atoms with Crippen molar-refractivity contribution in [2.45, 2.75) is 38.3 Å². The summed E-state index contributed by atoms with van der Waals surface area (Å²) in [4.78, 5) is 38.4.